The van der Waals surface area contributed by atoms with Gasteiger partial charge in [-0.3, -0.25) is 34.6 Å². The largest absolute Gasteiger partial charge is 0.453 e. The number of nitro benzene ring substituents is 2. The zero-order valence-electron chi connectivity index (χ0n) is 18.5. The quantitative estimate of drug-likeness (QED) is 0.114. The molecule has 0 radical (unpaired) electrons. The van der Waals surface area contributed by atoms with Crippen molar-refractivity contribution in [2.45, 2.75) is 6.10 Å². The SMILES string of the molecule is O=C(Nc1ccc(Cl)cc1[N+](=O)[O-])C(=O)[C@H](C(=O)c1cccc([N+](=O)[O-])c1)[C@H]1OC(=O)c2ccccc21. The van der Waals surface area contributed by atoms with Crippen molar-refractivity contribution in [3.8, 4) is 0 Å². The number of fused-ring (bicyclic) bond motifs is 1. The highest BCUT2D eigenvalue weighted by molar-refractivity contribution is 6.45. The molecule has 1 N–H and O–H groups in total. The molecule has 0 saturated carbocycles. The molecule has 2 atom stereocenters. The van der Waals surface area contributed by atoms with Gasteiger partial charge in [0.25, 0.3) is 17.3 Å². The molecule has 186 valence electrons. The second kappa shape index (κ2) is 9.95. The first-order valence-corrected chi connectivity index (χ1v) is 10.8. The number of hydrogen-bond acceptors (Lipinski definition) is 9. The van der Waals surface area contributed by atoms with Crippen LogP contribution < -0.4 is 5.32 Å². The molecule has 0 saturated heterocycles. The van der Waals surface area contributed by atoms with Crippen molar-refractivity contribution >= 4 is 52.1 Å². The van der Waals surface area contributed by atoms with Crippen molar-refractivity contribution in [2.24, 2.45) is 5.92 Å². The van der Waals surface area contributed by atoms with Gasteiger partial charge >= 0.3 is 5.97 Å². The first kappa shape index (κ1) is 25.1. The van der Waals surface area contributed by atoms with E-state index >= 15 is 0 Å². The molecule has 1 heterocycles. The van der Waals surface area contributed by atoms with Crippen LogP contribution in [0.3, 0.4) is 0 Å². The van der Waals surface area contributed by atoms with E-state index in [1.807, 2.05) is 0 Å². The van der Waals surface area contributed by atoms with Crippen molar-refractivity contribution < 1.29 is 33.8 Å². The van der Waals surface area contributed by atoms with E-state index in [4.69, 9.17) is 16.3 Å². The summed E-state index contributed by atoms with van der Waals surface area (Å²) >= 11 is 5.78. The average Bonchev–Trinajstić information content (AvgIpc) is 3.21. The fraction of sp³-hybridized carbons (Fsp3) is 0.0833. The lowest BCUT2D eigenvalue weighted by Crippen LogP contribution is -2.38. The molecule has 37 heavy (non-hydrogen) atoms. The number of cyclic esters (lactones) is 1. The second-order valence-electron chi connectivity index (χ2n) is 7.80. The highest BCUT2D eigenvalue weighted by atomic mass is 35.5. The molecule has 0 aliphatic carbocycles. The standard InChI is InChI=1S/C24H14ClN3O9/c25-13-8-9-17(18(11-13)28(35)36)26-23(31)21(30)19(20(29)12-4-3-5-14(10-12)27(33)34)22-15-6-1-2-7-16(15)24(32)37-22/h1-11,19,22H,(H,26,31)/t19-,22-/m0/s1. The van der Waals surface area contributed by atoms with Crippen LogP contribution in [0.2, 0.25) is 5.02 Å². The number of Topliss-reactive ketones (excluding diaryl/α,β-unsaturated/α-hetero) is 2. The third-order valence-corrected chi connectivity index (χ3v) is 5.79. The van der Waals surface area contributed by atoms with Crippen molar-refractivity contribution in [3.05, 3.63) is 109 Å². The molecule has 1 aliphatic rings. The summed E-state index contributed by atoms with van der Waals surface area (Å²) in [5, 5.41) is 24.7. The Morgan fingerprint density at radius 2 is 1.68 bits per heavy atom. The predicted molar refractivity (Wildman–Crippen MR) is 127 cm³/mol. The van der Waals surface area contributed by atoms with Crippen LogP contribution in [0.4, 0.5) is 17.1 Å². The summed E-state index contributed by atoms with van der Waals surface area (Å²) in [4.78, 5) is 73.2. The van der Waals surface area contributed by atoms with Gasteiger partial charge in [-0.15, -0.1) is 0 Å². The zero-order valence-corrected chi connectivity index (χ0v) is 19.2. The monoisotopic (exact) mass is 523 g/mol. The molecule has 0 fully saturated rings. The smallest absolute Gasteiger partial charge is 0.339 e. The molecule has 4 rings (SSSR count). The maximum atomic E-state index is 13.5. The van der Waals surface area contributed by atoms with E-state index < -0.39 is 56.7 Å². The number of halogens is 1. The summed E-state index contributed by atoms with van der Waals surface area (Å²) in [5.41, 5.74) is -1.45. The summed E-state index contributed by atoms with van der Waals surface area (Å²) < 4.78 is 5.29. The number of nitrogens with one attached hydrogen (secondary N) is 1. The average molecular weight is 524 g/mol. The topological polar surface area (TPSA) is 176 Å². The highest BCUT2D eigenvalue weighted by Crippen LogP contribution is 2.38. The highest BCUT2D eigenvalue weighted by Gasteiger charge is 2.46. The third kappa shape index (κ3) is 4.90. The normalized spacial score (nSPS) is 14.7. The van der Waals surface area contributed by atoms with Crippen LogP contribution in [0, 0.1) is 26.1 Å². The maximum absolute atomic E-state index is 13.5. The maximum Gasteiger partial charge on any atom is 0.339 e. The van der Waals surface area contributed by atoms with Crippen LogP contribution in [-0.4, -0.2) is 33.3 Å². The number of benzene rings is 3. The minimum Gasteiger partial charge on any atom is -0.453 e. The van der Waals surface area contributed by atoms with Crippen LogP contribution in [0.15, 0.2) is 66.7 Å². The van der Waals surface area contributed by atoms with Crippen molar-refractivity contribution in [2.75, 3.05) is 5.32 Å². The van der Waals surface area contributed by atoms with E-state index in [-0.39, 0.29) is 27.4 Å². The van der Waals surface area contributed by atoms with Gasteiger partial charge in [0.2, 0.25) is 5.78 Å². The third-order valence-electron chi connectivity index (χ3n) is 5.56. The molecule has 0 bridgehead atoms. The number of rotatable bonds is 8. The lowest BCUT2D eigenvalue weighted by atomic mass is 9.84. The lowest BCUT2D eigenvalue weighted by molar-refractivity contribution is -0.384. The summed E-state index contributed by atoms with van der Waals surface area (Å²) in [6, 6.07) is 13.7. The number of ketones is 2. The van der Waals surface area contributed by atoms with Crippen LogP contribution in [0.5, 0.6) is 0 Å². The van der Waals surface area contributed by atoms with Gasteiger partial charge in [-0.2, -0.15) is 0 Å². The van der Waals surface area contributed by atoms with Gasteiger partial charge in [-0.25, -0.2) is 4.79 Å². The van der Waals surface area contributed by atoms with Crippen LogP contribution in [0.1, 0.15) is 32.4 Å². The minimum atomic E-state index is -1.94. The van der Waals surface area contributed by atoms with E-state index in [1.165, 1.54) is 42.5 Å². The second-order valence-corrected chi connectivity index (χ2v) is 8.24. The molecule has 0 aromatic heterocycles. The number of nitro groups is 2. The number of esters is 1. The van der Waals surface area contributed by atoms with Gasteiger partial charge in [-0.1, -0.05) is 41.9 Å². The molecule has 3 aromatic rings. The Bertz CT molecular complexity index is 1500. The van der Waals surface area contributed by atoms with E-state index in [2.05, 4.69) is 5.32 Å². The van der Waals surface area contributed by atoms with Gasteiger partial charge in [0, 0.05) is 34.3 Å². The molecule has 1 amide bonds. The number of carbonyl (C=O) groups is 4. The number of amides is 1. The van der Waals surface area contributed by atoms with Crippen LogP contribution in [-0.2, 0) is 14.3 Å². The fourth-order valence-electron chi connectivity index (χ4n) is 3.85. The van der Waals surface area contributed by atoms with E-state index in [0.717, 1.165) is 24.3 Å². The Hall–Kier alpha value is -4.97. The molecule has 12 nitrogen and oxygen atoms in total. The predicted octanol–water partition coefficient (Wildman–Crippen LogP) is 4.07. The Morgan fingerprint density at radius 1 is 0.946 bits per heavy atom. The Labute approximate surface area is 212 Å². The van der Waals surface area contributed by atoms with Crippen molar-refractivity contribution in [3.63, 3.8) is 0 Å². The number of ether oxygens (including phenoxy) is 1. The van der Waals surface area contributed by atoms with Crippen LogP contribution >= 0.6 is 11.6 Å². The molecule has 0 spiro atoms. The summed E-state index contributed by atoms with van der Waals surface area (Å²) in [6.45, 7) is 0. The molecular formula is C24H14ClN3O9. The number of carbonyl (C=O) groups excluding carboxylic acids is 4. The number of non-ortho nitro benzene ring substituents is 1. The van der Waals surface area contributed by atoms with Gasteiger partial charge in [0.1, 0.15) is 17.7 Å². The molecule has 13 heteroatoms. The van der Waals surface area contributed by atoms with E-state index in [1.54, 1.807) is 0 Å². The number of hydrogen-bond donors (Lipinski definition) is 1. The number of nitrogens with zero attached hydrogens (tertiary/aromatic N) is 2. The first-order chi connectivity index (χ1) is 17.6. The van der Waals surface area contributed by atoms with Gasteiger partial charge < -0.3 is 10.1 Å². The molecule has 1 aliphatic heterocycles. The summed E-state index contributed by atoms with van der Waals surface area (Å²) in [5.74, 6) is -6.59. The first-order valence-electron chi connectivity index (χ1n) is 10.5. The lowest BCUT2D eigenvalue weighted by Gasteiger charge is -2.21. The number of anilines is 1. The van der Waals surface area contributed by atoms with Crippen molar-refractivity contribution in [1.82, 2.24) is 0 Å². The van der Waals surface area contributed by atoms with Gasteiger partial charge in [0.05, 0.1) is 15.4 Å². The summed E-state index contributed by atoms with van der Waals surface area (Å²) in [6.07, 6.45) is -1.52. The Kier molecular flexibility index (Phi) is 6.76. The summed E-state index contributed by atoms with van der Waals surface area (Å²) in [7, 11) is 0. The van der Waals surface area contributed by atoms with Crippen molar-refractivity contribution in [1.29, 1.82) is 0 Å². The Morgan fingerprint density at radius 3 is 2.38 bits per heavy atom. The Balaban J connectivity index is 1.75. The van der Waals surface area contributed by atoms with Gasteiger partial charge in [0.15, 0.2) is 5.78 Å². The van der Waals surface area contributed by atoms with Crippen LogP contribution in [0.25, 0.3) is 0 Å². The van der Waals surface area contributed by atoms with E-state index in [0.29, 0.717) is 0 Å². The zero-order chi connectivity index (χ0) is 26.9. The molecular weight excluding hydrogens is 510 g/mol. The van der Waals surface area contributed by atoms with E-state index in [9.17, 15) is 39.4 Å². The fourth-order valence-corrected chi connectivity index (χ4v) is 4.02. The minimum absolute atomic E-state index is 0.00391. The molecule has 3 aromatic carbocycles. The molecule has 0 unspecified atom stereocenters. The van der Waals surface area contributed by atoms with Gasteiger partial charge in [-0.05, 0) is 18.2 Å².